The number of hydrogen-bond donors (Lipinski definition) is 1. The Hall–Kier alpha value is -1.88. The van der Waals surface area contributed by atoms with E-state index >= 15 is 0 Å². The third-order valence-corrected chi connectivity index (χ3v) is 4.61. The molecule has 1 aromatic carbocycles. The van der Waals surface area contributed by atoms with Crippen molar-refractivity contribution in [2.45, 2.75) is 31.8 Å². The molecule has 1 amide bonds. The van der Waals surface area contributed by atoms with E-state index in [-0.39, 0.29) is 12.5 Å². The summed E-state index contributed by atoms with van der Waals surface area (Å²) in [6, 6.07) is 8.40. The van der Waals surface area contributed by atoms with Crippen molar-refractivity contribution in [2.24, 2.45) is 5.92 Å². The number of carboxylic acid groups (broad SMARTS) is 1. The summed E-state index contributed by atoms with van der Waals surface area (Å²) in [5.74, 6) is -0.587. The fourth-order valence-electron chi connectivity index (χ4n) is 3.35. The fourth-order valence-corrected chi connectivity index (χ4v) is 3.35. The predicted molar refractivity (Wildman–Crippen MR) is 80.5 cm³/mol. The Morgan fingerprint density at radius 1 is 1.27 bits per heavy atom. The second-order valence-electron chi connectivity index (χ2n) is 6.12. The normalized spacial score (nSPS) is 24.6. The van der Waals surface area contributed by atoms with Gasteiger partial charge in [-0.15, -0.1) is 0 Å². The Bertz CT molecular complexity index is 572. The van der Waals surface area contributed by atoms with E-state index in [0.717, 1.165) is 19.3 Å². The number of carboxylic acids is 1. The van der Waals surface area contributed by atoms with Gasteiger partial charge in [0.15, 0.2) is 6.10 Å². The van der Waals surface area contributed by atoms with Crippen LogP contribution in [0, 0.1) is 5.92 Å². The minimum atomic E-state index is -0.996. The Morgan fingerprint density at radius 3 is 2.82 bits per heavy atom. The lowest BCUT2D eigenvalue weighted by Gasteiger charge is -2.32. The van der Waals surface area contributed by atoms with Gasteiger partial charge in [-0.1, -0.05) is 24.3 Å². The highest BCUT2D eigenvalue weighted by atomic mass is 16.5. The standard InChI is InChI=1S/C17H21NO4/c19-16(18-7-8-22-15(11-18)17(20)21)10-12-5-6-13-3-1-2-4-14(13)9-12/h1-4,12,15H,5-11H2,(H,20,21)/t12-,15+/m1/s1. The zero-order valence-electron chi connectivity index (χ0n) is 12.5. The third-order valence-electron chi connectivity index (χ3n) is 4.61. The Balaban J connectivity index is 1.57. The molecule has 0 radical (unpaired) electrons. The summed E-state index contributed by atoms with van der Waals surface area (Å²) in [4.78, 5) is 25.1. The zero-order chi connectivity index (χ0) is 15.5. The van der Waals surface area contributed by atoms with E-state index in [1.54, 1.807) is 4.90 Å². The molecule has 1 fully saturated rings. The molecule has 0 bridgehead atoms. The van der Waals surface area contributed by atoms with E-state index in [1.165, 1.54) is 11.1 Å². The molecule has 1 heterocycles. The molecule has 2 atom stereocenters. The molecular weight excluding hydrogens is 282 g/mol. The average molecular weight is 303 g/mol. The van der Waals surface area contributed by atoms with Gasteiger partial charge in [0, 0.05) is 13.0 Å². The lowest BCUT2D eigenvalue weighted by atomic mass is 9.82. The summed E-state index contributed by atoms with van der Waals surface area (Å²) in [7, 11) is 0. The SMILES string of the molecule is O=C(O)[C@@H]1CN(C(=O)C[C@@H]2CCc3ccccc3C2)CCO1. The minimum Gasteiger partial charge on any atom is -0.479 e. The largest absolute Gasteiger partial charge is 0.479 e. The van der Waals surface area contributed by atoms with Crippen LogP contribution in [0.5, 0.6) is 0 Å². The number of aliphatic carboxylic acids is 1. The number of aryl methyl sites for hydroxylation is 1. The first kappa shape index (κ1) is 15.0. The van der Waals surface area contributed by atoms with Gasteiger partial charge >= 0.3 is 5.97 Å². The van der Waals surface area contributed by atoms with E-state index < -0.39 is 12.1 Å². The Morgan fingerprint density at radius 2 is 2.05 bits per heavy atom. The van der Waals surface area contributed by atoms with Crippen molar-refractivity contribution in [2.75, 3.05) is 19.7 Å². The highest BCUT2D eigenvalue weighted by Gasteiger charge is 2.30. The summed E-state index contributed by atoms with van der Waals surface area (Å²) in [5, 5.41) is 9.01. The van der Waals surface area contributed by atoms with E-state index in [2.05, 4.69) is 18.2 Å². The molecule has 1 N–H and O–H groups in total. The number of hydrogen-bond acceptors (Lipinski definition) is 3. The number of amides is 1. The summed E-state index contributed by atoms with van der Waals surface area (Å²) in [5.41, 5.74) is 2.74. The van der Waals surface area contributed by atoms with Crippen molar-refractivity contribution in [3.63, 3.8) is 0 Å². The van der Waals surface area contributed by atoms with Crippen LogP contribution in [-0.4, -0.2) is 47.7 Å². The summed E-state index contributed by atoms with van der Waals surface area (Å²) < 4.78 is 5.16. The first-order valence-corrected chi connectivity index (χ1v) is 7.82. The smallest absolute Gasteiger partial charge is 0.334 e. The van der Waals surface area contributed by atoms with Crippen LogP contribution in [0.3, 0.4) is 0 Å². The first-order valence-electron chi connectivity index (χ1n) is 7.82. The average Bonchev–Trinajstić information content (AvgIpc) is 2.55. The number of rotatable bonds is 3. The van der Waals surface area contributed by atoms with Crippen LogP contribution < -0.4 is 0 Å². The predicted octanol–water partition coefficient (Wildman–Crippen LogP) is 1.49. The second-order valence-corrected chi connectivity index (χ2v) is 6.12. The summed E-state index contributed by atoms with van der Waals surface area (Å²) in [6.07, 6.45) is 2.60. The van der Waals surface area contributed by atoms with Crippen molar-refractivity contribution in [1.82, 2.24) is 4.90 Å². The maximum absolute atomic E-state index is 12.4. The van der Waals surface area contributed by atoms with Crippen LogP contribution in [-0.2, 0) is 27.2 Å². The molecule has 2 aliphatic rings. The van der Waals surface area contributed by atoms with Crippen LogP contribution in [0.15, 0.2) is 24.3 Å². The topological polar surface area (TPSA) is 66.8 Å². The van der Waals surface area contributed by atoms with Crippen LogP contribution >= 0.6 is 0 Å². The second kappa shape index (κ2) is 6.48. The zero-order valence-corrected chi connectivity index (χ0v) is 12.5. The summed E-state index contributed by atoms with van der Waals surface area (Å²) >= 11 is 0. The van der Waals surface area contributed by atoms with E-state index in [1.807, 2.05) is 6.07 Å². The third kappa shape index (κ3) is 3.30. The Kier molecular flexibility index (Phi) is 4.43. The molecule has 1 aliphatic heterocycles. The highest BCUT2D eigenvalue weighted by Crippen LogP contribution is 2.28. The number of carbonyl (C=O) groups excluding carboxylic acids is 1. The highest BCUT2D eigenvalue weighted by molar-refractivity contribution is 5.79. The van der Waals surface area contributed by atoms with Gasteiger partial charge in [-0.05, 0) is 36.3 Å². The number of ether oxygens (including phenoxy) is 1. The number of carbonyl (C=O) groups is 2. The van der Waals surface area contributed by atoms with E-state index in [4.69, 9.17) is 9.84 Å². The molecule has 1 aromatic rings. The van der Waals surface area contributed by atoms with Gasteiger partial charge in [-0.25, -0.2) is 4.79 Å². The monoisotopic (exact) mass is 303 g/mol. The molecular formula is C17H21NO4. The first-order chi connectivity index (χ1) is 10.6. The maximum atomic E-state index is 12.4. The molecule has 0 saturated carbocycles. The molecule has 5 heteroatoms. The molecule has 0 spiro atoms. The lowest BCUT2D eigenvalue weighted by molar-refractivity contribution is -0.159. The number of morpholine rings is 1. The quantitative estimate of drug-likeness (QED) is 0.919. The van der Waals surface area contributed by atoms with Gasteiger partial charge in [0.05, 0.1) is 13.2 Å². The molecule has 5 nitrogen and oxygen atoms in total. The molecule has 0 aromatic heterocycles. The van der Waals surface area contributed by atoms with Gasteiger partial charge in [0.1, 0.15) is 0 Å². The molecule has 22 heavy (non-hydrogen) atoms. The molecule has 0 unspecified atom stereocenters. The number of nitrogens with zero attached hydrogens (tertiary/aromatic N) is 1. The number of fused-ring (bicyclic) bond motifs is 1. The van der Waals surface area contributed by atoms with Crippen LogP contribution in [0.25, 0.3) is 0 Å². The Labute approximate surface area is 129 Å². The number of benzene rings is 1. The molecule has 3 rings (SSSR count). The maximum Gasteiger partial charge on any atom is 0.334 e. The van der Waals surface area contributed by atoms with Gasteiger partial charge < -0.3 is 14.7 Å². The van der Waals surface area contributed by atoms with Crippen molar-refractivity contribution < 1.29 is 19.4 Å². The van der Waals surface area contributed by atoms with Gasteiger partial charge in [0.25, 0.3) is 0 Å². The molecule has 118 valence electrons. The van der Waals surface area contributed by atoms with Crippen molar-refractivity contribution >= 4 is 11.9 Å². The fraction of sp³-hybridized carbons (Fsp3) is 0.529. The van der Waals surface area contributed by atoms with E-state index in [0.29, 0.717) is 25.5 Å². The van der Waals surface area contributed by atoms with Gasteiger partial charge in [-0.2, -0.15) is 0 Å². The minimum absolute atomic E-state index is 0.0546. The van der Waals surface area contributed by atoms with Gasteiger partial charge in [-0.3, -0.25) is 4.79 Å². The van der Waals surface area contributed by atoms with Gasteiger partial charge in [0.2, 0.25) is 5.91 Å². The summed E-state index contributed by atoms with van der Waals surface area (Å²) in [6.45, 7) is 0.958. The van der Waals surface area contributed by atoms with Crippen LogP contribution in [0.1, 0.15) is 24.0 Å². The van der Waals surface area contributed by atoms with Crippen molar-refractivity contribution in [3.05, 3.63) is 35.4 Å². The van der Waals surface area contributed by atoms with Crippen LogP contribution in [0.2, 0.25) is 0 Å². The molecule has 1 saturated heterocycles. The van der Waals surface area contributed by atoms with Crippen LogP contribution in [0.4, 0.5) is 0 Å². The molecule has 1 aliphatic carbocycles. The lowest BCUT2D eigenvalue weighted by Crippen LogP contribution is -2.49. The van der Waals surface area contributed by atoms with Crippen molar-refractivity contribution in [3.8, 4) is 0 Å². The van der Waals surface area contributed by atoms with E-state index in [9.17, 15) is 9.59 Å². The van der Waals surface area contributed by atoms with Crippen molar-refractivity contribution in [1.29, 1.82) is 0 Å².